The number of hydrogen-bond donors (Lipinski definition) is 1. The quantitative estimate of drug-likeness (QED) is 0.921. The second-order valence-corrected chi connectivity index (χ2v) is 5.77. The highest BCUT2D eigenvalue weighted by molar-refractivity contribution is 5.55. The second-order valence-electron chi connectivity index (χ2n) is 5.77. The fraction of sp³-hybridized carbons (Fsp3) is 0.625. The first-order valence-corrected chi connectivity index (χ1v) is 7.44. The van der Waals surface area contributed by atoms with Crippen molar-refractivity contribution in [2.75, 3.05) is 18.0 Å². The summed E-state index contributed by atoms with van der Waals surface area (Å²) >= 11 is 0. The predicted molar refractivity (Wildman–Crippen MR) is 80.6 cm³/mol. The summed E-state index contributed by atoms with van der Waals surface area (Å²) in [7, 11) is 0. The lowest BCUT2D eigenvalue weighted by Gasteiger charge is -2.38. The van der Waals surface area contributed by atoms with Gasteiger partial charge in [0, 0.05) is 30.4 Å². The third-order valence-electron chi connectivity index (χ3n) is 3.85. The molecule has 20 heavy (non-hydrogen) atoms. The monoisotopic (exact) mass is 280 g/mol. The van der Waals surface area contributed by atoms with Gasteiger partial charge in [0.2, 0.25) is 0 Å². The molecule has 1 fully saturated rings. The molecule has 1 aromatic carbocycles. The molecule has 1 saturated heterocycles. The zero-order valence-electron chi connectivity index (χ0n) is 12.6. The van der Waals surface area contributed by atoms with E-state index in [-0.39, 0.29) is 24.1 Å². The van der Waals surface area contributed by atoms with Crippen LogP contribution in [0.4, 0.5) is 10.1 Å². The van der Waals surface area contributed by atoms with E-state index < -0.39 is 0 Å². The minimum atomic E-state index is -0.154. The van der Waals surface area contributed by atoms with Crippen molar-refractivity contribution >= 4 is 5.69 Å². The van der Waals surface area contributed by atoms with E-state index in [1.165, 1.54) is 6.07 Å². The number of hydrogen-bond acceptors (Lipinski definition) is 3. The van der Waals surface area contributed by atoms with Gasteiger partial charge in [-0.05, 0) is 38.8 Å². The van der Waals surface area contributed by atoms with E-state index in [2.05, 4.69) is 18.7 Å². The molecule has 1 aliphatic heterocycles. The number of nitrogens with zero attached hydrogens (tertiary/aromatic N) is 1. The van der Waals surface area contributed by atoms with Gasteiger partial charge in [-0.15, -0.1) is 0 Å². The average Bonchev–Trinajstić information content (AvgIpc) is 2.39. The van der Waals surface area contributed by atoms with Gasteiger partial charge in [-0.3, -0.25) is 0 Å². The minimum Gasteiger partial charge on any atom is -0.372 e. The highest BCUT2D eigenvalue weighted by Crippen LogP contribution is 2.27. The lowest BCUT2D eigenvalue weighted by Crippen LogP contribution is -2.46. The largest absolute Gasteiger partial charge is 0.372 e. The first-order valence-electron chi connectivity index (χ1n) is 7.44. The number of rotatable bonds is 4. The molecule has 0 aliphatic carbocycles. The van der Waals surface area contributed by atoms with Crippen molar-refractivity contribution in [1.29, 1.82) is 0 Å². The van der Waals surface area contributed by atoms with E-state index in [1.807, 2.05) is 13.0 Å². The van der Waals surface area contributed by atoms with Gasteiger partial charge in [-0.1, -0.05) is 13.0 Å². The Bertz CT molecular complexity index is 442. The van der Waals surface area contributed by atoms with Gasteiger partial charge in [0.05, 0.1) is 12.2 Å². The molecular formula is C16H25FN2O. The average molecular weight is 280 g/mol. The number of nitrogens with two attached hydrogens (primary N) is 1. The molecule has 1 unspecified atom stereocenters. The van der Waals surface area contributed by atoms with Crippen LogP contribution in [-0.2, 0) is 11.2 Å². The van der Waals surface area contributed by atoms with Crippen LogP contribution in [0.25, 0.3) is 0 Å². The summed E-state index contributed by atoms with van der Waals surface area (Å²) in [6.07, 6.45) is 1.76. The van der Waals surface area contributed by atoms with Gasteiger partial charge >= 0.3 is 0 Å². The zero-order valence-corrected chi connectivity index (χ0v) is 12.6. The highest BCUT2D eigenvalue weighted by Gasteiger charge is 2.25. The van der Waals surface area contributed by atoms with Crippen molar-refractivity contribution in [1.82, 2.24) is 0 Å². The number of ether oxygens (including phenoxy) is 1. The molecule has 0 aromatic heterocycles. The van der Waals surface area contributed by atoms with Crippen molar-refractivity contribution in [3.05, 3.63) is 29.6 Å². The smallest absolute Gasteiger partial charge is 0.128 e. The molecule has 1 aromatic rings. The summed E-state index contributed by atoms with van der Waals surface area (Å²) in [4.78, 5) is 2.22. The Morgan fingerprint density at radius 2 is 2.00 bits per heavy atom. The summed E-state index contributed by atoms with van der Waals surface area (Å²) in [5.74, 6) is -0.154. The summed E-state index contributed by atoms with van der Waals surface area (Å²) < 4.78 is 19.9. The van der Waals surface area contributed by atoms with Crippen LogP contribution >= 0.6 is 0 Å². The standard InChI is InChI=1S/C16H25FN2O/c1-4-13(18)8-14-15(17)6-5-7-16(14)19-9-11(2)20-12(3)10-19/h5-7,11-13H,4,8-10,18H2,1-3H3/t11-,12+,13?. The molecule has 1 aliphatic rings. The SMILES string of the molecule is CCC(N)Cc1c(F)cccc1N1C[C@@H](C)O[C@@H](C)C1. The predicted octanol–water partition coefficient (Wildman–Crippen LogP) is 2.72. The van der Waals surface area contributed by atoms with E-state index in [0.29, 0.717) is 6.42 Å². The molecule has 3 nitrogen and oxygen atoms in total. The van der Waals surface area contributed by atoms with Crippen molar-refractivity contribution in [2.45, 2.75) is 51.9 Å². The number of halogens is 1. The first kappa shape index (κ1) is 15.3. The van der Waals surface area contributed by atoms with E-state index >= 15 is 0 Å². The first-order chi connectivity index (χ1) is 9.51. The second kappa shape index (κ2) is 6.55. The van der Waals surface area contributed by atoms with Crippen LogP contribution in [0.1, 0.15) is 32.8 Å². The highest BCUT2D eigenvalue weighted by atomic mass is 19.1. The Morgan fingerprint density at radius 3 is 2.60 bits per heavy atom. The van der Waals surface area contributed by atoms with Crippen molar-refractivity contribution in [2.24, 2.45) is 5.73 Å². The summed E-state index contributed by atoms with van der Waals surface area (Å²) in [6, 6.07) is 5.29. The van der Waals surface area contributed by atoms with Gasteiger partial charge in [0.25, 0.3) is 0 Å². The molecule has 4 heteroatoms. The van der Waals surface area contributed by atoms with Crippen molar-refractivity contribution < 1.29 is 9.13 Å². The van der Waals surface area contributed by atoms with Gasteiger partial charge in [0.15, 0.2) is 0 Å². The normalized spacial score (nSPS) is 24.8. The Hall–Kier alpha value is -1.13. The molecule has 2 N–H and O–H groups in total. The molecular weight excluding hydrogens is 255 g/mol. The molecule has 3 atom stereocenters. The molecule has 0 spiro atoms. The van der Waals surface area contributed by atoms with E-state index in [4.69, 9.17) is 10.5 Å². The van der Waals surface area contributed by atoms with Gasteiger partial charge in [-0.25, -0.2) is 4.39 Å². The summed E-state index contributed by atoms with van der Waals surface area (Å²) in [6.45, 7) is 7.73. The van der Waals surface area contributed by atoms with Gasteiger partial charge < -0.3 is 15.4 Å². The van der Waals surface area contributed by atoms with Crippen LogP contribution in [0.3, 0.4) is 0 Å². The number of anilines is 1. The third-order valence-corrected chi connectivity index (χ3v) is 3.85. The molecule has 1 heterocycles. The fourth-order valence-corrected chi connectivity index (χ4v) is 2.83. The summed E-state index contributed by atoms with van der Waals surface area (Å²) in [5.41, 5.74) is 7.72. The van der Waals surface area contributed by atoms with Gasteiger partial charge in [-0.2, -0.15) is 0 Å². The van der Waals surface area contributed by atoms with Crippen LogP contribution in [0.15, 0.2) is 18.2 Å². The number of morpholine rings is 1. The van der Waals surface area contributed by atoms with Crippen LogP contribution in [0.2, 0.25) is 0 Å². The third kappa shape index (κ3) is 3.49. The van der Waals surface area contributed by atoms with E-state index in [9.17, 15) is 4.39 Å². The van der Waals surface area contributed by atoms with Crippen LogP contribution in [-0.4, -0.2) is 31.3 Å². The molecule has 0 saturated carbocycles. The molecule has 2 rings (SSSR count). The Morgan fingerprint density at radius 1 is 1.35 bits per heavy atom. The minimum absolute atomic E-state index is 0.00142. The molecule has 0 amide bonds. The van der Waals surface area contributed by atoms with Crippen molar-refractivity contribution in [3.63, 3.8) is 0 Å². The van der Waals surface area contributed by atoms with Gasteiger partial charge in [0.1, 0.15) is 5.82 Å². The van der Waals surface area contributed by atoms with E-state index in [0.717, 1.165) is 30.8 Å². The fourth-order valence-electron chi connectivity index (χ4n) is 2.83. The lowest BCUT2D eigenvalue weighted by atomic mass is 10.0. The maximum atomic E-state index is 14.2. The van der Waals surface area contributed by atoms with E-state index in [1.54, 1.807) is 6.07 Å². The maximum absolute atomic E-state index is 14.2. The molecule has 112 valence electrons. The van der Waals surface area contributed by atoms with Crippen LogP contribution < -0.4 is 10.6 Å². The van der Waals surface area contributed by atoms with Crippen LogP contribution in [0, 0.1) is 5.82 Å². The zero-order chi connectivity index (χ0) is 14.7. The van der Waals surface area contributed by atoms with Crippen LogP contribution in [0.5, 0.6) is 0 Å². The Labute approximate surface area is 120 Å². The van der Waals surface area contributed by atoms with Crippen molar-refractivity contribution in [3.8, 4) is 0 Å². The summed E-state index contributed by atoms with van der Waals surface area (Å²) in [5, 5.41) is 0. The molecule has 0 bridgehead atoms. The number of benzene rings is 1. The topological polar surface area (TPSA) is 38.5 Å². The lowest BCUT2D eigenvalue weighted by molar-refractivity contribution is -0.00528. The Kier molecular flexibility index (Phi) is 5.00. The molecule has 0 radical (unpaired) electrons. The Balaban J connectivity index is 2.28. The maximum Gasteiger partial charge on any atom is 0.128 e.